The zero-order valence-electron chi connectivity index (χ0n) is 28.8. The van der Waals surface area contributed by atoms with Crippen molar-refractivity contribution in [2.75, 3.05) is 0 Å². The van der Waals surface area contributed by atoms with Crippen LogP contribution in [0.4, 0.5) is 0 Å². The second-order valence-corrected chi connectivity index (χ2v) is 14.4. The van der Waals surface area contributed by atoms with E-state index in [1.54, 1.807) is 0 Å². The lowest BCUT2D eigenvalue weighted by atomic mass is 9.82. The van der Waals surface area contributed by atoms with Gasteiger partial charge in [-0.05, 0) is 63.7 Å². The Kier molecular flexibility index (Phi) is 5.98. The summed E-state index contributed by atoms with van der Waals surface area (Å²) in [6.45, 7) is 4.72. The topological polar surface area (TPSA) is 43.6 Å². The van der Waals surface area contributed by atoms with Gasteiger partial charge in [-0.1, -0.05) is 141 Å². The molecular formula is C48H32N4. The second kappa shape index (κ2) is 10.7. The van der Waals surface area contributed by atoms with E-state index in [2.05, 4.69) is 140 Å². The molecule has 9 aromatic rings. The summed E-state index contributed by atoms with van der Waals surface area (Å²) < 4.78 is 2.51. The van der Waals surface area contributed by atoms with Crippen molar-refractivity contribution in [1.29, 1.82) is 0 Å². The van der Waals surface area contributed by atoms with Crippen LogP contribution in [0.5, 0.6) is 0 Å². The molecular weight excluding hydrogens is 633 g/mol. The molecule has 244 valence electrons. The van der Waals surface area contributed by atoms with Crippen LogP contribution in [0.15, 0.2) is 158 Å². The van der Waals surface area contributed by atoms with Crippen molar-refractivity contribution in [3.8, 4) is 73.2 Å². The van der Waals surface area contributed by atoms with Crippen molar-refractivity contribution in [3.63, 3.8) is 0 Å². The van der Waals surface area contributed by atoms with Crippen molar-refractivity contribution >= 4 is 21.8 Å². The number of aromatic nitrogens is 4. The van der Waals surface area contributed by atoms with Gasteiger partial charge in [-0.2, -0.15) is 0 Å². The summed E-state index contributed by atoms with van der Waals surface area (Å²) in [5.74, 6) is 1.96. The number of nitrogens with zero attached hydrogens (tertiary/aromatic N) is 4. The first-order chi connectivity index (χ1) is 25.5. The Morgan fingerprint density at radius 1 is 0.404 bits per heavy atom. The number of fused-ring (bicyclic) bond motifs is 11. The molecule has 11 rings (SSSR count). The fourth-order valence-electron chi connectivity index (χ4n) is 8.70. The molecule has 52 heavy (non-hydrogen) atoms. The van der Waals surface area contributed by atoms with E-state index in [4.69, 9.17) is 15.0 Å². The average molecular weight is 665 g/mol. The predicted molar refractivity (Wildman–Crippen MR) is 212 cm³/mol. The predicted octanol–water partition coefficient (Wildman–Crippen LogP) is 11.9. The molecule has 0 fully saturated rings. The van der Waals surface area contributed by atoms with Crippen LogP contribution in [0.2, 0.25) is 0 Å². The minimum Gasteiger partial charge on any atom is -0.308 e. The van der Waals surface area contributed by atoms with E-state index in [1.807, 2.05) is 36.4 Å². The normalized spacial score (nSPS) is 13.3. The van der Waals surface area contributed by atoms with E-state index in [0.29, 0.717) is 17.5 Å². The van der Waals surface area contributed by atoms with Crippen LogP contribution in [0.1, 0.15) is 25.0 Å². The molecule has 1 aliphatic heterocycles. The van der Waals surface area contributed by atoms with Crippen molar-refractivity contribution in [2.24, 2.45) is 0 Å². The maximum atomic E-state index is 5.09. The first-order valence-corrected chi connectivity index (χ1v) is 17.9. The van der Waals surface area contributed by atoms with Crippen molar-refractivity contribution in [1.82, 2.24) is 19.5 Å². The maximum Gasteiger partial charge on any atom is 0.164 e. The summed E-state index contributed by atoms with van der Waals surface area (Å²) in [5.41, 5.74) is 16.6. The molecule has 0 unspecified atom stereocenters. The highest BCUT2D eigenvalue weighted by molar-refractivity contribution is 6.17. The number of para-hydroxylation sites is 1. The molecule has 2 aliphatic rings. The van der Waals surface area contributed by atoms with E-state index in [9.17, 15) is 0 Å². The average Bonchev–Trinajstić information content (AvgIpc) is 3.60. The first-order valence-electron chi connectivity index (χ1n) is 17.9. The third kappa shape index (κ3) is 4.06. The van der Waals surface area contributed by atoms with Gasteiger partial charge >= 0.3 is 0 Å². The van der Waals surface area contributed by atoms with Gasteiger partial charge in [0.1, 0.15) is 0 Å². The van der Waals surface area contributed by atoms with E-state index in [-0.39, 0.29) is 5.41 Å². The molecule has 0 spiro atoms. The molecule has 0 saturated heterocycles. The van der Waals surface area contributed by atoms with Crippen LogP contribution in [-0.4, -0.2) is 19.5 Å². The van der Waals surface area contributed by atoms with Crippen molar-refractivity contribution < 1.29 is 0 Å². The third-order valence-electron chi connectivity index (χ3n) is 11.2. The Balaban J connectivity index is 1.19. The maximum absolute atomic E-state index is 5.09. The fourth-order valence-corrected chi connectivity index (χ4v) is 8.70. The van der Waals surface area contributed by atoms with Gasteiger partial charge in [0.15, 0.2) is 17.5 Å². The highest BCUT2D eigenvalue weighted by Crippen LogP contribution is 2.53. The van der Waals surface area contributed by atoms with Crippen LogP contribution < -0.4 is 0 Å². The molecule has 3 heterocycles. The molecule has 0 amide bonds. The lowest BCUT2D eigenvalue weighted by Gasteiger charge is -2.22. The zero-order chi connectivity index (χ0) is 34.6. The second-order valence-electron chi connectivity index (χ2n) is 14.4. The van der Waals surface area contributed by atoms with Crippen LogP contribution in [0.25, 0.3) is 95.0 Å². The van der Waals surface area contributed by atoms with E-state index >= 15 is 0 Å². The molecule has 1 aliphatic carbocycles. The monoisotopic (exact) mass is 664 g/mol. The van der Waals surface area contributed by atoms with E-state index < -0.39 is 0 Å². The summed E-state index contributed by atoms with van der Waals surface area (Å²) in [6.07, 6.45) is 0. The molecule has 0 atom stereocenters. The molecule has 0 N–H and O–H groups in total. The summed E-state index contributed by atoms with van der Waals surface area (Å²) in [5, 5.41) is 2.54. The molecule has 0 saturated carbocycles. The summed E-state index contributed by atoms with van der Waals surface area (Å²) in [6, 6.07) is 56.5. The smallest absolute Gasteiger partial charge is 0.164 e. The highest BCUT2D eigenvalue weighted by Gasteiger charge is 2.36. The summed E-state index contributed by atoms with van der Waals surface area (Å²) in [4.78, 5) is 15.1. The Bertz CT molecular complexity index is 2860. The SMILES string of the molecule is CC1(C)c2ccccc2-c2cc3c4cccc5c4n(c3cc21)-c1ccc(-c2nc(-c3ccccc3)nc(-c3ccccc3)n2)cc1-c1ccccc1-5. The number of hydrogen-bond acceptors (Lipinski definition) is 3. The van der Waals surface area contributed by atoms with Gasteiger partial charge in [-0.3, -0.25) is 0 Å². The lowest BCUT2D eigenvalue weighted by Crippen LogP contribution is -2.15. The lowest BCUT2D eigenvalue weighted by molar-refractivity contribution is 0.661. The Hall–Kier alpha value is -6.65. The minimum absolute atomic E-state index is 0.105. The number of benzene rings is 7. The van der Waals surface area contributed by atoms with Gasteiger partial charge in [0.25, 0.3) is 0 Å². The molecule has 0 bridgehead atoms. The van der Waals surface area contributed by atoms with Gasteiger partial charge in [-0.15, -0.1) is 0 Å². The van der Waals surface area contributed by atoms with Gasteiger partial charge in [-0.25, -0.2) is 15.0 Å². The largest absolute Gasteiger partial charge is 0.308 e. The standard InChI is InChI=1S/C48H32N4/c1-48(2)40-23-12-11-20-34(40)37-27-39-36-22-13-21-35-32-18-9-10-19-33(32)38-26-31(24-25-42(38)52(44(35)36)43(39)28-41(37)48)47-50-45(29-14-5-3-6-15-29)49-46(51-47)30-16-7-4-8-17-30/h3-28H,1-2H3. The molecule has 4 heteroatoms. The van der Waals surface area contributed by atoms with Crippen molar-refractivity contribution in [2.45, 2.75) is 19.3 Å². The molecule has 4 nitrogen and oxygen atoms in total. The Morgan fingerprint density at radius 2 is 0.981 bits per heavy atom. The third-order valence-corrected chi connectivity index (χ3v) is 11.2. The van der Waals surface area contributed by atoms with Gasteiger partial charge in [0, 0.05) is 44.0 Å². The van der Waals surface area contributed by atoms with Crippen LogP contribution >= 0.6 is 0 Å². The number of rotatable bonds is 3. The Morgan fingerprint density at radius 3 is 1.67 bits per heavy atom. The Labute approximate surface area is 301 Å². The summed E-state index contributed by atoms with van der Waals surface area (Å²) >= 11 is 0. The van der Waals surface area contributed by atoms with Gasteiger partial charge in [0.05, 0.1) is 16.7 Å². The summed E-state index contributed by atoms with van der Waals surface area (Å²) in [7, 11) is 0. The molecule has 0 radical (unpaired) electrons. The van der Waals surface area contributed by atoms with E-state index in [1.165, 1.54) is 60.8 Å². The quantitative estimate of drug-likeness (QED) is 0.189. The fraction of sp³-hybridized carbons (Fsp3) is 0.0625. The van der Waals surface area contributed by atoms with Crippen LogP contribution in [-0.2, 0) is 5.41 Å². The van der Waals surface area contributed by atoms with Crippen molar-refractivity contribution in [3.05, 3.63) is 169 Å². The molecule has 7 aromatic carbocycles. The van der Waals surface area contributed by atoms with Gasteiger partial charge in [0.2, 0.25) is 0 Å². The minimum atomic E-state index is -0.105. The van der Waals surface area contributed by atoms with E-state index in [0.717, 1.165) is 27.9 Å². The van der Waals surface area contributed by atoms with Crippen LogP contribution in [0.3, 0.4) is 0 Å². The first kappa shape index (κ1) is 29.1. The van der Waals surface area contributed by atoms with Crippen LogP contribution in [0, 0.1) is 0 Å². The highest BCUT2D eigenvalue weighted by atomic mass is 15.0. The zero-order valence-corrected chi connectivity index (χ0v) is 28.8. The molecule has 2 aromatic heterocycles. The van der Waals surface area contributed by atoms with Gasteiger partial charge < -0.3 is 4.57 Å². The number of hydrogen-bond donors (Lipinski definition) is 0.